The molecule has 1 aromatic heterocycles. The first-order valence-corrected chi connectivity index (χ1v) is 6.81. The van der Waals surface area contributed by atoms with E-state index in [1.807, 2.05) is 0 Å². The lowest BCUT2D eigenvalue weighted by molar-refractivity contribution is -0.139. The minimum absolute atomic E-state index is 0.0289. The number of carbonyl (C=O) groups is 1. The molecule has 0 spiro atoms. The zero-order chi connectivity index (χ0) is 14.6. The zero-order valence-corrected chi connectivity index (χ0v) is 11.7. The van der Waals surface area contributed by atoms with Crippen LogP contribution in [0.1, 0.15) is 37.7 Å². The van der Waals surface area contributed by atoms with Gasteiger partial charge >= 0.3 is 0 Å². The van der Waals surface area contributed by atoms with Crippen molar-refractivity contribution in [2.75, 3.05) is 7.05 Å². The van der Waals surface area contributed by atoms with Gasteiger partial charge in [-0.05, 0) is 12.8 Å². The Hall–Kier alpha value is -2.05. The highest BCUT2D eigenvalue weighted by Crippen LogP contribution is 2.38. The van der Waals surface area contributed by atoms with Crippen molar-refractivity contribution in [3.8, 4) is 0 Å². The fourth-order valence-electron chi connectivity index (χ4n) is 2.91. The number of nitrogens with two attached hydrogens (primary N) is 1. The highest BCUT2D eigenvalue weighted by Gasteiger charge is 2.45. The smallest absolute Gasteiger partial charge is 0.236 e. The van der Waals surface area contributed by atoms with Crippen LogP contribution in [0.5, 0.6) is 0 Å². The van der Waals surface area contributed by atoms with Gasteiger partial charge in [-0.2, -0.15) is 5.10 Å². The Balaban J connectivity index is 2.18. The summed E-state index contributed by atoms with van der Waals surface area (Å²) in [4.78, 5) is 14.4. The third kappa shape index (κ3) is 2.61. The van der Waals surface area contributed by atoms with E-state index in [-0.39, 0.29) is 11.7 Å². The summed E-state index contributed by atoms with van der Waals surface area (Å²) in [7, 11) is 1.73. The van der Waals surface area contributed by atoms with Crippen molar-refractivity contribution in [3.05, 3.63) is 18.0 Å². The van der Waals surface area contributed by atoms with Crippen molar-refractivity contribution in [1.29, 1.82) is 0 Å². The first-order chi connectivity index (χ1) is 9.60. The van der Waals surface area contributed by atoms with Crippen LogP contribution in [-0.4, -0.2) is 39.1 Å². The predicted octanol–water partition coefficient (Wildman–Crippen LogP) is 1.06. The number of aromatic amines is 1. The lowest BCUT2D eigenvalue weighted by Gasteiger charge is -2.37. The van der Waals surface area contributed by atoms with E-state index in [9.17, 15) is 4.79 Å². The fraction of sp³-hybridized carbons (Fsp3) is 0.615. The van der Waals surface area contributed by atoms with E-state index >= 15 is 0 Å². The Morgan fingerprint density at radius 3 is 2.80 bits per heavy atom. The first-order valence-electron chi connectivity index (χ1n) is 6.81. The fourth-order valence-corrected chi connectivity index (χ4v) is 2.91. The van der Waals surface area contributed by atoms with Gasteiger partial charge in [-0.15, -0.1) is 0 Å². The monoisotopic (exact) mass is 279 g/mol. The van der Waals surface area contributed by atoms with Crippen LogP contribution >= 0.6 is 0 Å². The summed E-state index contributed by atoms with van der Waals surface area (Å²) in [6, 6.07) is 0. The molecule has 0 saturated heterocycles. The van der Waals surface area contributed by atoms with Gasteiger partial charge in [-0.25, -0.2) is 0 Å². The topological polar surface area (TPSA) is 108 Å². The van der Waals surface area contributed by atoms with Crippen LogP contribution in [0.25, 0.3) is 0 Å². The molecule has 0 atom stereocenters. The molecule has 1 aliphatic rings. The molecule has 7 nitrogen and oxygen atoms in total. The molecule has 1 aliphatic carbocycles. The molecule has 0 radical (unpaired) electrons. The van der Waals surface area contributed by atoms with Crippen LogP contribution in [0.4, 0.5) is 0 Å². The van der Waals surface area contributed by atoms with E-state index in [1.165, 1.54) is 0 Å². The third-order valence-corrected chi connectivity index (χ3v) is 4.04. The quantitative estimate of drug-likeness (QED) is 0.331. The summed E-state index contributed by atoms with van der Waals surface area (Å²) in [5, 5.41) is 18.7. The molecular formula is C13H21N5O2. The standard InChI is InChI=1S/C13H21N5O2/c1-18(9-10-7-15-16-8-10)12(19)13(11(14)17-20)5-3-2-4-6-13/h7-8,20H,2-6,9H2,1H3,(H2,14,17)(H,15,16). The molecule has 7 heteroatoms. The third-order valence-electron chi connectivity index (χ3n) is 4.04. The van der Waals surface area contributed by atoms with E-state index in [1.54, 1.807) is 24.3 Å². The average Bonchev–Trinajstić information content (AvgIpc) is 2.99. The second-order valence-electron chi connectivity index (χ2n) is 5.40. The molecule has 1 fully saturated rings. The summed E-state index contributed by atoms with van der Waals surface area (Å²) >= 11 is 0. The van der Waals surface area contributed by atoms with Crippen molar-refractivity contribution in [2.24, 2.45) is 16.3 Å². The van der Waals surface area contributed by atoms with Crippen molar-refractivity contribution < 1.29 is 10.0 Å². The SMILES string of the molecule is CN(Cc1cn[nH]c1)C(=O)C1(C(N)=NO)CCCCC1. The van der Waals surface area contributed by atoms with E-state index in [2.05, 4.69) is 15.4 Å². The molecule has 20 heavy (non-hydrogen) atoms. The molecule has 1 amide bonds. The lowest BCUT2D eigenvalue weighted by atomic mass is 9.72. The van der Waals surface area contributed by atoms with Crippen LogP contribution in [0, 0.1) is 5.41 Å². The number of amides is 1. The van der Waals surface area contributed by atoms with Crippen molar-refractivity contribution in [3.63, 3.8) is 0 Å². The van der Waals surface area contributed by atoms with Gasteiger partial charge < -0.3 is 15.8 Å². The molecule has 0 bridgehead atoms. The maximum absolute atomic E-state index is 12.8. The van der Waals surface area contributed by atoms with Crippen molar-refractivity contribution in [1.82, 2.24) is 15.1 Å². The minimum atomic E-state index is -0.856. The van der Waals surface area contributed by atoms with Gasteiger partial charge in [-0.3, -0.25) is 9.89 Å². The summed E-state index contributed by atoms with van der Waals surface area (Å²) in [6.07, 6.45) is 7.62. The highest BCUT2D eigenvalue weighted by molar-refractivity contribution is 6.06. The van der Waals surface area contributed by atoms with Crippen LogP contribution in [0.2, 0.25) is 0 Å². The molecule has 1 aromatic rings. The largest absolute Gasteiger partial charge is 0.409 e. The molecular weight excluding hydrogens is 258 g/mol. The second kappa shape index (κ2) is 5.94. The first kappa shape index (κ1) is 14.4. The second-order valence-corrected chi connectivity index (χ2v) is 5.40. The van der Waals surface area contributed by atoms with Gasteiger partial charge in [0.1, 0.15) is 5.41 Å². The van der Waals surface area contributed by atoms with Crippen LogP contribution in [0.3, 0.4) is 0 Å². The predicted molar refractivity (Wildman–Crippen MR) is 74.0 cm³/mol. The van der Waals surface area contributed by atoms with E-state index in [4.69, 9.17) is 10.9 Å². The molecule has 4 N–H and O–H groups in total. The van der Waals surface area contributed by atoms with Gasteiger partial charge in [0.2, 0.25) is 5.91 Å². The minimum Gasteiger partial charge on any atom is -0.409 e. The van der Waals surface area contributed by atoms with E-state index < -0.39 is 5.41 Å². The average molecular weight is 279 g/mol. The summed E-state index contributed by atoms with van der Waals surface area (Å²) in [5.41, 5.74) is 5.90. The number of hydrogen-bond acceptors (Lipinski definition) is 4. The van der Waals surface area contributed by atoms with E-state index in [0.717, 1.165) is 24.8 Å². The van der Waals surface area contributed by atoms with E-state index in [0.29, 0.717) is 19.4 Å². The number of amidine groups is 1. The van der Waals surface area contributed by atoms with Gasteiger partial charge in [-0.1, -0.05) is 24.4 Å². The summed E-state index contributed by atoms with van der Waals surface area (Å²) in [5.74, 6) is -0.0602. The molecule has 0 unspecified atom stereocenters. The van der Waals surface area contributed by atoms with Gasteiger partial charge in [0.15, 0.2) is 5.84 Å². The normalized spacial score (nSPS) is 18.8. The maximum Gasteiger partial charge on any atom is 0.236 e. The number of hydrogen-bond donors (Lipinski definition) is 3. The number of oxime groups is 1. The Morgan fingerprint density at radius 1 is 1.55 bits per heavy atom. The Kier molecular flexibility index (Phi) is 4.26. The molecule has 0 aromatic carbocycles. The van der Waals surface area contributed by atoms with Crippen molar-refractivity contribution >= 4 is 11.7 Å². The van der Waals surface area contributed by atoms with Gasteiger partial charge in [0.05, 0.1) is 6.20 Å². The van der Waals surface area contributed by atoms with Gasteiger partial charge in [0, 0.05) is 25.4 Å². The molecule has 1 heterocycles. The van der Waals surface area contributed by atoms with Crippen LogP contribution < -0.4 is 5.73 Å². The lowest BCUT2D eigenvalue weighted by Crippen LogP contribution is -2.51. The molecule has 110 valence electrons. The zero-order valence-electron chi connectivity index (χ0n) is 11.7. The summed E-state index contributed by atoms with van der Waals surface area (Å²) in [6.45, 7) is 0.454. The number of rotatable bonds is 4. The van der Waals surface area contributed by atoms with Gasteiger partial charge in [0.25, 0.3) is 0 Å². The maximum atomic E-state index is 12.8. The Labute approximate surface area is 117 Å². The molecule has 2 rings (SSSR count). The highest BCUT2D eigenvalue weighted by atomic mass is 16.4. The number of aromatic nitrogens is 2. The number of H-pyrrole nitrogens is 1. The summed E-state index contributed by atoms with van der Waals surface area (Å²) < 4.78 is 0. The molecule has 0 aliphatic heterocycles. The number of nitrogens with zero attached hydrogens (tertiary/aromatic N) is 3. The Bertz CT molecular complexity index is 477. The molecule has 1 saturated carbocycles. The number of nitrogens with one attached hydrogen (secondary N) is 1. The number of carbonyl (C=O) groups excluding carboxylic acids is 1. The Morgan fingerprint density at radius 2 is 2.25 bits per heavy atom. The van der Waals surface area contributed by atoms with Crippen LogP contribution in [0.15, 0.2) is 17.5 Å². The van der Waals surface area contributed by atoms with Crippen molar-refractivity contribution in [2.45, 2.75) is 38.6 Å². The van der Waals surface area contributed by atoms with Crippen LogP contribution in [-0.2, 0) is 11.3 Å².